The zero-order chi connectivity index (χ0) is 8.31. The monoisotopic (exact) mass is 146 g/mol. The molecule has 0 saturated carbocycles. The zero-order valence-corrected chi connectivity index (χ0v) is 5.53. The fraction of sp³-hybridized carbons (Fsp3) is 0.500. The van der Waals surface area contributed by atoms with Gasteiger partial charge in [-0.3, -0.25) is 20.2 Å². The maximum Gasteiger partial charge on any atom is 0.314 e. The summed E-state index contributed by atoms with van der Waals surface area (Å²) in [7, 11) is 0. The second-order valence-electron chi connectivity index (χ2n) is 1.69. The van der Waals surface area contributed by atoms with E-state index in [1.807, 2.05) is 0 Å². The first kappa shape index (κ1) is 8.54. The van der Waals surface area contributed by atoms with Crippen molar-refractivity contribution in [3.63, 3.8) is 0 Å². The molecule has 0 aliphatic rings. The zero-order valence-electron chi connectivity index (χ0n) is 5.53. The Bertz CT molecular complexity index is 185. The largest absolute Gasteiger partial charge is 0.314 e. The summed E-state index contributed by atoms with van der Waals surface area (Å²) in [5, 5.41) is 19.8. The molecule has 0 aromatic rings. The van der Waals surface area contributed by atoms with Crippen LogP contribution in [0.3, 0.4) is 0 Å². The SMILES string of the molecule is C/C(=C(/C)[N+](=O)[O-])[N+](=O)[O-]. The van der Waals surface area contributed by atoms with E-state index in [1.165, 1.54) is 0 Å². The van der Waals surface area contributed by atoms with Gasteiger partial charge < -0.3 is 0 Å². The number of rotatable bonds is 2. The van der Waals surface area contributed by atoms with Crippen molar-refractivity contribution in [2.75, 3.05) is 0 Å². The molecule has 0 bridgehead atoms. The predicted octanol–water partition coefficient (Wildman–Crippen LogP) is 0.791. The van der Waals surface area contributed by atoms with Crippen LogP contribution in [-0.4, -0.2) is 9.85 Å². The number of hydrogen-bond donors (Lipinski definition) is 0. The van der Waals surface area contributed by atoms with Crippen LogP contribution in [0.25, 0.3) is 0 Å². The molecule has 0 N–H and O–H groups in total. The second kappa shape index (κ2) is 2.90. The fourth-order valence-electron chi connectivity index (χ4n) is 0.264. The maximum absolute atomic E-state index is 9.89. The van der Waals surface area contributed by atoms with Gasteiger partial charge in [0, 0.05) is 13.8 Å². The van der Waals surface area contributed by atoms with Gasteiger partial charge in [-0.1, -0.05) is 0 Å². The van der Waals surface area contributed by atoms with Crippen molar-refractivity contribution in [2.45, 2.75) is 13.8 Å². The van der Waals surface area contributed by atoms with E-state index in [2.05, 4.69) is 0 Å². The molecule has 10 heavy (non-hydrogen) atoms. The summed E-state index contributed by atoms with van der Waals surface area (Å²) in [6.45, 7) is 2.19. The highest BCUT2D eigenvalue weighted by Crippen LogP contribution is 2.02. The smallest absolute Gasteiger partial charge is 0.258 e. The fourth-order valence-corrected chi connectivity index (χ4v) is 0.264. The van der Waals surface area contributed by atoms with Crippen LogP contribution in [0.4, 0.5) is 0 Å². The van der Waals surface area contributed by atoms with Crippen molar-refractivity contribution >= 4 is 0 Å². The highest BCUT2D eigenvalue weighted by atomic mass is 16.6. The molecule has 0 fully saturated rings. The van der Waals surface area contributed by atoms with Crippen LogP contribution in [-0.2, 0) is 0 Å². The van der Waals surface area contributed by atoms with Gasteiger partial charge in [-0.25, -0.2) is 0 Å². The minimum absolute atomic E-state index is 0.426. The lowest BCUT2D eigenvalue weighted by molar-refractivity contribution is -0.470. The van der Waals surface area contributed by atoms with Crippen molar-refractivity contribution in [3.05, 3.63) is 31.6 Å². The third-order valence-electron chi connectivity index (χ3n) is 1.07. The van der Waals surface area contributed by atoms with Crippen LogP contribution in [0.15, 0.2) is 11.4 Å². The summed E-state index contributed by atoms with van der Waals surface area (Å²) in [6, 6.07) is 0. The highest BCUT2D eigenvalue weighted by Gasteiger charge is 2.17. The van der Waals surface area contributed by atoms with E-state index in [9.17, 15) is 20.2 Å². The molecule has 0 amide bonds. The molecule has 0 saturated heterocycles. The van der Waals surface area contributed by atoms with Crippen LogP contribution in [0.2, 0.25) is 0 Å². The molecular formula is C4H6N2O4. The van der Waals surface area contributed by atoms with E-state index in [4.69, 9.17) is 0 Å². The Labute approximate surface area is 56.5 Å². The summed E-state index contributed by atoms with van der Waals surface area (Å²) in [5.74, 6) is 0. The van der Waals surface area contributed by atoms with Gasteiger partial charge in [0.25, 0.3) is 0 Å². The molecule has 0 atom stereocenters. The van der Waals surface area contributed by atoms with Gasteiger partial charge in [0.05, 0.1) is 9.85 Å². The first-order chi connectivity index (χ1) is 4.46. The van der Waals surface area contributed by atoms with Crippen molar-refractivity contribution in [1.29, 1.82) is 0 Å². The molecule has 0 spiro atoms. The lowest BCUT2D eigenvalue weighted by Crippen LogP contribution is -2.04. The summed E-state index contributed by atoms with van der Waals surface area (Å²) in [6.07, 6.45) is 0. The molecule has 0 aromatic carbocycles. The molecule has 0 unspecified atom stereocenters. The van der Waals surface area contributed by atoms with Crippen LogP contribution < -0.4 is 0 Å². The summed E-state index contributed by atoms with van der Waals surface area (Å²) < 4.78 is 0. The van der Waals surface area contributed by atoms with E-state index in [0.29, 0.717) is 0 Å². The van der Waals surface area contributed by atoms with Gasteiger partial charge in [0.1, 0.15) is 0 Å². The molecule has 0 radical (unpaired) electrons. The Morgan fingerprint density at radius 3 is 1.30 bits per heavy atom. The maximum atomic E-state index is 9.89. The third kappa shape index (κ3) is 1.81. The number of nitro groups is 2. The Balaban J connectivity index is 4.67. The summed E-state index contributed by atoms with van der Waals surface area (Å²) >= 11 is 0. The Kier molecular flexibility index (Phi) is 2.48. The van der Waals surface area contributed by atoms with Gasteiger partial charge in [0.15, 0.2) is 0 Å². The summed E-state index contributed by atoms with van der Waals surface area (Å²) in [4.78, 5) is 18.2. The van der Waals surface area contributed by atoms with Crippen LogP contribution in [0.5, 0.6) is 0 Å². The van der Waals surface area contributed by atoms with Gasteiger partial charge >= 0.3 is 11.4 Å². The van der Waals surface area contributed by atoms with E-state index in [0.717, 1.165) is 13.8 Å². The van der Waals surface area contributed by atoms with E-state index in [-0.39, 0.29) is 0 Å². The molecule has 0 rings (SSSR count). The first-order valence-corrected chi connectivity index (χ1v) is 2.43. The normalized spacial score (nSPS) is 12.2. The van der Waals surface area contributed by atoms with Crippen molar-refractivity contribution in [2.24, 2.45) is 0 Å². The Morgan fingerprint density at radius 2 is 1.20 bits per heavy atom. The van der Waals surface area contributed by atoms with Crippen molar-refractivity contribution in [3.8, 4) is 0 Å². The summed E-state index contributed by atoms with van der Waals surface area (Å²) in [5.41, 5.74) is -0.852. The van der Waals surface area contributed by atoms with Crippen molar-refractivity contribution in [1.82, 2.24) is 0 Å². The predicted molar refractivity (Wildman–Crippen MR) is 32.4 cm³/mol. The third-order valence-corrected chi connectivity index (χ3v) is 1.07. The molecular weight excluding hydrogens is 140 g/mol. The van der Waals surface area contributed by atoms with Gasteiger partial charge in [-0.15, -0.1) is 0 Å². The lowest BCUT2D eigenvalue weighted by Gasteiger charge is -1.88. The van der Waals surface area contributed by atoms with Gasteiger partial charge in [-0.05, 0) is 0 Å². The molecule has 6 nitrogen and oxygen atoms in total. The van der Waals surface area contributed by atoms with Gasteiger partial charge in [-0.2, -0.15) is 0 Å². The van der Waals surface area contributed by atoms with E-state index in [1.54, 1.807) is 0 Å². The Hall–Kier alpha value is -1.46. The average molecular weight is 146 g/mol. The topological polar surface area (TPSA) is 86.3 Å². The van der Waals surface area contributed by atoms with Gasteiger partial charge in [0.2, 0.25) is 0 Å². The van der Waals surface area contributed by atoms with E-state index >= 15 is 0 Å². The van der Waals surface area contributed by atoms with Crippen LogP contribution in [0, 0.1) is 20.2 Å². The number of allylic oxidation sites excluding steroid dienone is 2. The average Bonchev–Trinajstić information content (AvgIpc) is 1.84. The van der Waals surface area contributed by atoms with Crippen LogP contribution >= 0.6 is 0 Å². The number of hydrogen-bond acceptors (Lipinski definition) is 4. The lowest BCUT2D eigenvalue weighted by atomic mass is 10.4. The van der Waals surface area contributed by atoms with Crippen LogP contribution in [0.1, 0.15) is 13.8 Å². The minimum Gasteiger partial charge on any atom is -0.258 e. The molecule has 6 heteroatoms. The second-order valence-corrected chi connectivity index (χ2v) is 1.69. The first-order valence-electron chi connectivity index (χ1n) is 2.43. The number of nitrogens with zero attached hydrogens (tertiary/aromatic N) is 2. The molecule has 0 aliphatic heterocycles. The molecule has 0 heterocycles. The standard InChI is InChI=1S/C4H6N2O4/c1-3(5(7)8)4(2)6(9)10/h1-2H3/b4-3+. The molecule has 56 valence electrons. The van der Waals surface area contributed by atoms with Crippen molar-refractivity contribution < 1.29 is 9.85 Å². The molecule has 0 aromatic heterocycles. The van der Waals surface area contributed by atoms with E-state index < -0.39 is 21.2 Å². The minimum atomic E-state index is -0.780. The Morgan fingerprint density at radius 1 is 1.00 bits per heavy atom. The molecule has 0 aliphatic carbocycles. The highest BCUT2D eigenvalue weighted by molar-refractivity contribution is 4.91. The quantitative estimate of drug-likeness (QED) is 0.425.